The number of hydrogen-bond donors (Lipinski definition) is 1. The van der Waals surface area contributed by atoms with Crippen molar-refractivity contribution in [2.24, 2.45) is 5.73 Å². The van der Waals surface area contributed by atoms with Gasteiger partial charge in [-0.2, -0.15) is 0 Å². The second-order valence-corrected chi connectivity index (χ2v) is 4.46. The molecular formula is C13H28N2O. The summed E-state index contributed by atoms with van der Waals surface area (Å²) in [7, 11) is 0. The molecule has 96 valence electrons. The van der Waals surface area contributed by atoms with E-state index in [1.165, 1.54) is 0 Å². The van der Waals surface area contributed by atoms with Gasteiger partial charge in [-0.1, -0.05) is 33.6 Å². The number of amides is 1. The van der Waals surface area contributed by atoms with Crippen LogP contribution in [0.1, 0.15) is 59.3 Å². The summed E-state index contributed by atoms with van der Waals surface area (Å²) in [5.74, 6) is 0.233. The second kappa shape index (κ2) is 9.64. The fraction of sp³-hybridized carbons (Fsp3) is 0.923. The van der Waals surface area contributed by atoms with Crippen LogP contribution in [0.25, 0.3) is 0 Å². The van der Waals surface area contributed by atoms with Crippen molar-refractivity contribution in [3.63, 3.8) is 0 Å². The van der Waals surface area contributed by atoms with Gasteiger partial charge in [0.2, 0.25) is 5.91 Å². The van der Waals surface area contributed by atoms with E-state index in [0.29, 0.717) is 6.42 Å². The maximum atomic E-state index is 12.0. The van der Waals surface area contributed by atoms with Crippen LogP contribution in [0.5, 0.6) is 0 Å². The summed E-state index contributed by atoms with van der Waals surface area (Å²) < 4.78 is 0. The molecule has 1 amide bonds. The van der Waals surface area contributed by atoms with Crippen LogP contribution in [-0.4, -0.2) is 29.9 Å². The molecule has 0 aliphatic carbocycles. The molecule has 0 radical (unpaired) electrons. The zero-order valence-corrected chi connectivity index (χ0v) is 11.2. The molecule has 0 bridgehead atoms. The lowest BCUT2D eigenvalue weighted by Crippen LogP contribution is -2.37. The quantitative estimate of drug-likeness (QED) is 0.659. The summed E-state index contributed by atoms with van der Waals surface area (Å²) in [6.07, 6.45) is 5.84. The minimum Gasteiger partial charge on any atom is -0.343 e. The molecule has 0 saturated heterocycles. The van der Waals surface area contributed by atoms with Crippen LogP contribution in [0, 0.1) is 0 Å². The summed E-state index contributed by atoms with van der Waals surface area (Å²) in [6, 6.07) is 0.0262. The van der Waals surface area contributed by atoms with Crippen molar-refractivity contribution >= 4 is 5.91 Å². The molecule has 3 heteroatoms. The van der Waals surface area contributed by atoms with Gasteiger partial charge >= 0.3 is 0 Å². The lowest BCUT2D eigenvalue weighted by Gasteiger charge is -2.23. The van der Waals surface area contributed by atoms with Gasteiger partial charge in [-0.3, -0.25) is 4.79 Å². The van der Waals surface area contributed by atoms with E-state index in [9.17, 15) is 4.79 Å². The smallest absolute Gasteiger partial charge is 0.224 e. The van der Waals surface area contributed by atoms with Gasteiger partial charge in [0.25, 0.3) is 0 Å². The summed E-state index contributed by atoms with van der Waals surface area (Å²) >= 11 is 0. The molecule has 16 heavy (non-hydrogen) atoms. The van der Waals surface area contributed by atoms with Gasteiger partial charge in [0.15, 0.2) is 0 Å². The van der Waals surface area contributed by atoms with Gasteiger partial charge in [-0.15, -0.1) is 0 Å². The van der Waals surface area contributed by atoms with E-state index >= 15 is 0 Å². The van der Waals surface area contributed by atoms with E-state index in [4.69, 9.17) is 5.73 Å². The Kier molecular flexibility index (Phi) is 9.30. The standard InChI is InChI=1S/C13H28N2O/c1-4-7-9-15(10-8-5-2)13(16)11-12(14)6-3/h12H,4-11,14H2,1-3H3. The van der Waals surface area contributed by atoms with Crippen LogP contribution in [0.4, 0.5) is 0 Å². The highest BCUT2D eigenvalue weighted by Gasteiger charge is 2.14. The first-order valence-corrected chi connectivity index (χ1v) is 6.68. The molecule has 0 saturated carbocycles. The number of hydrogen-bond acceptors (Lipinski definition) is 2. The van der Waals surface area contributed by atoms with Crippen LogP contribution >= 0.6 is 0 Å². The van der Waals surface area contributed by atoms with Crippen molar-refractivity contribution in [3.05, 3.63) is 0 Å². The maximum Gasteiger partial charge on any atom is 0.224 e. The first-order chi connectivity index (χ1) is 7.65. The van der Waals surface area contributed by atoms with Crippen molar-refractivity contribution in [3.8, 4) is 0 Å². The zero-order valence-electron chi connectivity index (χ0n) is 11.2. The first kappa shape index (κ1) is 15.4. The average Bonchev–Trinajstić information content (AvgIpc) is 2.28. The monoisotopic (exact) mass is 228 g/mol. The molecule has 0 fully saturated rings. The minimum atomic E-state index is 0.0262. The topological polar surface area (TPSA) is 46.3 Å². The third kappa shape index (κ3) is 6.83. The molecule has 0 aliphatic heterocycles. The third-order valence-electron chi connectivity index (χ3n) is 2.88. The van der Waals surface area contributed by atoms with Crippen LogP contribution in [0.3, 0.4) is 0 Å². The Labute approximate surface area is 100 Å². The second-order valence-electron chi connectivity index (χ2n) is 4.46. The van der Waals surface area contributed by atoms with Crippen molar-refractivity contribution in [2.45, 2.75) is 65.3 Å². The van der Waals surface area contributed by atoms with E-state index in [1.54, 1.807) is 0 Å². The maximum absolute atomic E-state index is 12.0. The highest BCUT2D eigenvalue weighted by molar-refractivity contribution is 5.76. The molecule has 0 rings (SSSR count). The summed E-state index contributed by atoms with van der Waals surface area (Å²) in [6.45, 7) is 8.12. The summed E-state index contributed by atoms with van der Waals surface area (Å²) in [5, 5.41) is 0. The Bertz CT molecular complexity index is 175. The summed E-state index contributed by atoms with van der Waals surface area (Å²) in [4.78, 5) is 14.0. The molecule has 0 heterocycles. The minimum absolute atomic E-state index is 0.0262. The number of rotatable bonds is 9. The Morgan fingerprint density at radius 1 is 1.12 bits per heavy atom. The number of unbranched alkanes of at least 4 members (excludes halogenated alkanes) is 2. The average molecular weight is 228 g/mol. The predicted molar refractivity (Wildman–Crippen MR) is 69.3 cm³/mol. The van der Waals surface area contributed by atoms with Gasteiger partial charge in [0.05, 0.1) is 0 Å². The van der Waals surface area contributed by atoms with Gasteiger partial charge in [0.1, 0.15) is 0 Å². The summed E-state index contributed by atoms with van der Waals surface area (Å²) in [5.41, 5.74) is 5.82. The number of nitrogens with two attached hydrogens (primary N) is 1. The fourth-order valence-corrected chi connectivity index (χ4v) is 1.56. The molecule has 0 aliphatic rings. The van der Waals surface area contributed by atoms with Gasteiger partial charge < -0.3 is 10.6 Å². The Hall–Kier alpha value is -0.570. The fourth-order valence-electron chi connectivity index (χ4n) is 1.56. The van der Waals surface area contributed by atoms with E-state index in [0.717, 1.165) is 45.2 Å². The Morgan fingerprint density at radius 3 is 2.00 bits per heavy atom. The Balaban J connectivity index is 4.08. The molecule has 1 atom stereocenters. The van der Waals surface area contributed by atoms with Crippen molar-refractivity contribution < 1.29 is 4.79 Å². The molecule has 2 N–H and O–H groups in total. The molecule has 0 aromatic rings. The van der Waals surface area contributed by atoms with E-state index < -0.39 is 0 Å². The number of carbonyl (C=O) groups is 1. The van der Waals surface area contributed by atoms with E-state index in [-0.39, 0.29) is 11.9 Å². The van der Waals surface area contributed by atoms with Crippen LogP contribution < -0.4 is 5.73 Å². The molecular weight excluding hydrogens is 200 g/mol. The SMILES string of the molecule is CCCCN(CCCC)C(=O)CC(N)CC. The van der Waals surface area contributed by atoms with Crippen molar-refractivity contribution in [1.82, 2.24) is 4.90 Å². The van der Waals surface area contributed by atoms with Gasteiger partial charge in [-0.25, -0.2) is 0 Å². The number of carbonyl (C=O) groups excluding carboxylic acids is 1. The zero-order chi connectivity index (χ0) is 12.4. The highest BCUT2D eigenvalue weighted by Crippen LogP contribution is 2.04. The van der Waals surface area contributed by atoms with Crippen LogP contribution in [0.15, 0.2) is 0 Å². The van der Waals surface area contributed by atoms with Crippen molar-refractivity contribution in [1.29, 1.82) is 0 Å². The predicted octanol–water partition coefficient (Wildman–Crippen LogP) is 2.54. The van der Waals surface area contributed by atoms with Crippen molar-refractivity contribution in [2.75, 3.05) is 13.1 Å². The normalized spacial score (nSPS) is 12.5. The number of nitrogens with zero attached hydrogens (tertiary/aromatic N) is 1. The van der Waals surface area contributed by atoms with Crippen LogP contribution in [0.2, 0.25) is 0 Å². The first-order valence-electron chi connectivity index (χ1n) is 6.68. The molecule has 1 unspecified atom stereocenters. The molecule has 0 spiro atoms. The van der Waals surface area contributed by atoms with Gasteiger partial charge in [-0.05, 0) is 19.3 Å². The molecule has 0 aromatic carbocycles. The highest BCUT2D eigenvalue weighted by atomic mass is 16.2. The third-order valence-corrected chi connectivity index (χ3v) is 2.88. The largest absolute Gasteiger partial charge is 0.343 e. The van der Waals surface area contributed by atoms with Gasteiger partial charge in [0, 0.05) is 25.6 Å². The molecule has 3 nitrogen and oxygen atoms in total. The molecule has 0 aromatic heterocycles. The lowest BCUT2D eigenvalue weighted by atomic mass is 10.1. The van der Waals surface area contributed by atoms with E-state index in [2.05, 4.69) is 13.8 Å². The Morgan fingerprint density at radius 2 is 1.62 bits per heavy atom. The lowest BCUT2D eigenvalue weighted by molar-refractivity contribution is -0.131. The van der Waals surface area contributed by atoms with E-state index in [1.807, 2.05) is 11.8 Å². The van der Waals surface area contributed by atoms with Crippen LogP contribution in [-0.2, 0) is 4.79 Å².